The van der Waals surface area contributed by atoms with Crippen LogP contribution in [0.3, 0.4) is 0 Å². The highest BCUT2D eigenvalue weighted by atomic mass is 19.1. The smallest absolute Gasteiger partial charge is 0.229 e. The van der Waals surface area contributed by atoms with Crippen LogP contribution in [0.5, 0.6) is 0 Å². The van der Waals surface area contributed by atoms with E-state index in [1.54, 1.807) is 17.8 Å². The van der Waals surface area contributed by atoms with Crippen LogP contribution in [0.2, 0.25) is 0 Å². The van der Waals surface area contributed by atoms with Gasteiger partial charge in [-0.25, -0.2) is 4.39 Å². The van der Waals surface area contributed by atoms with Gasteiger partial charge in [0.2, 0.25) is 11.9 Å². The number of pyridine rings is 1. The van der Waals surface area contributed by atoms with Gasteiger partial charge in [0.1, 0.15) is 0 Å². The van der Waals surface area contributed by atoms with Gasteiger partial charge in [0.05, 0.1) is 18.0 Å². The first kappa shape index (κ1) is 29.4. The van der Waals surface area contributed by atoms with Crippen molar-refractivity contribution >= 4 is 34.1 Å². The number of carbonyl (C=O) groups is 1. The number of nitrogens with zero attached hydrogens (tertiary/aromatic N) is 5. The van der Waals surface area contributed by atoms with Crippen LogP contribution in [-0.4, -0.2) is 49.6 Å². The number of allylic oxidation sites excluding steroid dienone is 1. The van der Waals surface area contributed by atoms with Crippen molar-refractivity contribution in [1.29, 1.82) is 0 Å². The molecule has 2 aromatic carbocycles. The summed E-state index contributed by atoms with van der Waals surface area (Å²) in [5.74, 6) is -0.138. The molecule has 0 radical (unpaired) electrons. The van der Waals surface area contributed by atoms with Gasteiger partial charge in [0.25, 0.3) is 0 Å². The minimum Gasteiger partial charge on any atom is -0.381 e. The van der Waals surface area contributed by atoms with Crippen molar-refractivity contribution < 1.29 is 13.9 Å². The number of methoxy groups -OCH3 is 1. The molecule has 0 amide bonds. The minimum atomic E-state index is -0.931. The topological polar surface area (TPSA) is 106 Å². The first-order chi connectivity index (χ1) is 21.3. The number of nitrogens with one attached hydrogen (secondary N) is 2. The summed E-state index contributed by atoms with van der Waals surface area (Å²) in [5, 5.41) is 13.5. The monoisotopic (exact) mass is 593 g/mol. The Morgan fingerprint density at radius 3 is 2.77 bits per heavy atom. The molecule has 3 aromatic heterocycles. The van der Waals surface area contributed by atoms with Crippen LogP contribution >= 0.6 is 0 Å². The van der Waals surface area contributed by atoms with Gasteiger partial charge in [0, 0.05) is 48.8 Å². The van der Waals surface area contributed by atoms with Crippen molar-refractivity contribution in [1.82, 2.24) is 24.6 Å². The van der Waals surface area contributed by atoms with Gasteiger partial charge in [-0.1, -0.05) is 62.9 Å². The Morgan fingerprint density at radius 1 is 1.16 bits per heavy atom. The lowest BCUT2D eigenvalue weighted by molar-refractivity contribution is -0.116. The van der Waals surface area contributed by atoms with Gasteiger partial charge in [-0.2, -0.15) is 19.6 Å². The zero-order chi connectivity index (χ0) is 30.8. The maximum absolute atomic E-state index is 13.3. The maximum Gasteiger partial charge on any atom is 0.229 e. The Labute approximate surface area is 255 Å². The highest BCUT2D eigenvalue weighted by Gasteiger charge is 2.26. The third-order valence-electron chi connectivity index (χ3n) is 8.27. The molecule has 2 N–H and O–H groups in total. The molecule has 5 aromatic rings. The van der Waals surface area contributed by atoms with E-state index in [4.69, 9.17) is 19.7 Å². The zero-order valence-electron chi connectivity index (χ0n) is 25.2. The summed E-state index contributed by atoms with van der Waals surface area (Å²) in [4.78, 5) is 26.4. The number of hydrogen-bond acceptors (Lipinski definition) is 8. The first-order valence-corrected chi connectivity index (χ1v) is 14.9. The number of aromatic nitrogens is 5. The van der Waals surface area contributed by atoms with Crippen molar-refractivity contribution in [2.75, 3.05) is 17.7 Å². The van der Waals surface area contributed by atoms with Crippen molar-refractivity contribution in [3.63, 3.8) is 0 Å². The number of anilines is 2. The number of Topliss-reactive ketones (excluding diaryl/α,β-unsaturated/α-hetero) is 1. The largest absolute Gasteiger partial charge is 0.381 e. The van der Waals surface area contributed by atoms with E-state index in [9.17, 15) is 9.18 Å². The standard InChI is InChI=1S/C34H36FN7O2/c1-20(2)29-19-38-42-32(29)40-33(39-25-10-11-26(17-25)44-4)41-34(42)37-18-24-7-5-6-8-27(24)31-28-12-9-22(16-30(43)21(3)35)15-23(28)13-14-36-31/h5-9,12-15,19-20,25-26H,3,10-11,16-18H2,1-2,4H3,(H2,37,39,40,41)/t25-,26-/m0/s1. The fourth-order valence-electron chi connectivity index (χ4n) is 5.86. The van der Waals surface area contributed by atoms with Gasteiger partial charge in [-0.3, -0.25) is 9.78 Å². The second kappa shape index (κ2) is 12.5. The molecule has 6 rings (SSSR count). The molecule has 44 heavy (non-hydrogen) atoms. The van der Waals surface area contributed by atoms with Crippen molar-refractivity contribution in [2.24, 2.45) is 0 Å². The lowest BCUT2D eigenvalue weighted by Gasteiger charge is -2.16. The number of fused-ring (bicyclic) bond motifs is 2. The summed E-state index contributed by atoms with van der Waals surface area (Å²) < 4.78 is 20.6. The molecule has 0 bridgehead atoms. The second-order valence-corrected chi connectivity index (χ2v) is 11.6. The Bertz CT molecular complexity index is 1850. The minimum absolute atomic E-state index is 0.0344. The Hall–Kier alpha value is -4.70. The highest BCUT2D eigenvalue weighted by molar-refractivity contribution is 5.98. The van der Waals surface area contributed by atoms with E-state index in [2.05, 4.69) is 42.2 Å². The summed E-state index contributed by atoms with van der Waals surface area (Å²) in [7, 11) is 1.76. The number of ether oxygens (including phenoxy) is 1. The van der Waals surface area contributed by atoms with Crippen LogP contribution in [0.1, 0.15) is 55.7 Å². The van der Waals surface area contributed by atoms with Crippen LogP contribution < -0.4 is 10.6 Å². The molecule has 1 aliphatic rings. The molecule has 1 fully saturated rings. The Balaban J connectivity index is 1.31. The van der Waals surface area contributed by atoms with Crippen molar-refractivity contribution in [2.45, 2.75) is 64.1 Å². The molecule has 3 heterocycles. The van der Waals surface area contributed by atoms with Crippen LogP contribution in [0.4, 0.5) is 16.3 Å². The van der Waals surface area contributed by atoms with E-state index < -0.39 is 11.6 Å². The number of rotatable bonds is 11. The quantitative estimate of drug-likeness (QED) is 0.164. The average Bonchev–Trinajstić information content (AvgIpc) is 3.67. The molecule has 0 saturated heterocycles. The second-order valence-electron chi connectivity index (χ2n) is 11.6. The predicted molar refractivity (Wildman–Crippen MR) is 170 cm³/mol. The van der Waals surface area contributed by atoms with Gasteiger partial charge in [-0.15, -0.1) is 0 Å². The third-order valence-corrected chi connectivity index (χ3v) is 8.27. The van der Waals surface area contributed by atoms with E-state index in [-0.39, 0.29) is 24.5 Å². The Morgan fingerprint density at radius 2 is 2.00 bits per heavy atom. The fraction of sp³-hybridized carbons (Fsp3) is 0.324. The lowest BCUT2D eigenvalue weighted by Crippen LogP contribution is -2.20. The number of hydrogen-bond donors (Lipinski definition) is 2. The average molecular weight is 594 g/mol. The van der Waals surface area contributed by atoms with E-state index >= 15 is 0 Å². The van der Waals surface area contributed by atoms with Gasteiger partial charge < -0.3 is 15.4 Å². The van der Waals surface area contributed by atoms with Gasteiger partial charge in [0.15, 0.2) is 17.3 Å². The molecule has 0 aliphatic heterocycles. The molecule has 0 spiro atoms. The molecule has 1 saturated carbocycles. The van der Waals surface area contributed by atoms with Crippen LogP contribution in [-0.2, 0) is 22.5 Å². The third kappa shape index (κ3) is 6.03. The number of carbonyl (C=O) groups excluding carboxylic acids is 1. The maximum atomic E-state index is 13.3. The number of halogens is 1. The molecule has 1 aliphatic carbocycles. The lowest BCUT2D eigenvalue weighted by atomic mass is 9.97. The van der Waals surface area contributed by atoms with Gasteiger partial charge in [-0.05, 0) is 47.8 Å². The molecule has 2 atom stereocenters. The normalized spacial score (nSPS) is 16.6. The van der Waals surface area contributed by atoms with Crippen LogP contribution in [0.15, 0.2) is 73.3 Å². The summed E-state index contributed by atoms with van der Waals surface area (Å²) in [6.07, 6.45) is 6.75. The SMILES string of the molecule is C=C(F)C(=O)Cc1ccc2c(-c3ccccc3CNc3nc(N[C@H]4CC[C@H](OC)C4)nc4c(C(C)C)cnn34)nccc2c1. The first-order valence-electron chi connectivity index (χ1n) is 14.9. The summed E-state index contributed by atoms with van der Waals surface area (Å²) in [6, 6.07) is 15.9. The molecule has 226 valence electrons. The molecule has 10 heteroatoms. The predicted octanol–water partition coefficient (Wildman–Crippen LogP) is 6.65. The van der Waals surface area contributed by atoms with E-state index in [1.807, 2.05) is 48.7 Å². The Kier molecular flexibility index (Phi) is 8.34. The highest BCUT2D eigenvalue weighted by Crippen LogP contribution is 2.31. The summed E-state index contributed by atoms with van der Waals surface area (Å²) >= 11 is 0. The van der Waals surface area contributed by atoms with Gasteiger partial charge >= 0.3 is 0 Å². The zero-order valence-corrected chi connectivity index (χ0v) is 25.2. The fourth-order valence-corrected chi connectivity index (χ4v) is 5.86. The van der Waals surface area contributed by atoms with E-state index in [0.717, 1.165) is 63.6 Å². The molecule has 9 nitrogen and oxygen atoms in total. The van der Waals surface area contributed by atoms with Crippen LogP contribution in [0, 0.1) is 0 Å². The van der Waals surface area contributed by atoms with E-state index in [1.165, 1.54) is 0 Å². The number of ketones is 1. The van der Waals surface area contributed by atoms with Crippen molar-refractivity contribution in [3.8, 4) is 11.3 Å². The van der Waals surface area contributed by atoms with Crippen LogP contribution in [0.25, 0.3) is 27.7 Å². The number of benzene rings is 2. The summed E-state index contributed by atoms with van der Waals surface area (Å²) in [5.41, 5.74) is 5.36. The van der Waals surface area contributed by atoms with Crippen molar-refractivity contribution in [3.05, 3.63) is 90.0 Å². The van der Waals surface area contributed by atoms with E-state index in [0.29, 0.717) is 18.4 Å². The molecular formula is C34H36FN7O2. The summed E-state index contributed by atoms with van der Waals surface area (Å²) in [6.45, 7) is 7.85. The molecule has 0 unspecified atom stereocenters. The molecular weight excluding hydrogens is 557 g/mol.